The van der Waals surface area contributed by atoms with Crippen LogP contribution in [0.25, 0.3) is 9.75 Å². The van der Waals surface area contributed by atoms with Crippen LogP contribution in [0.4, 0.5) is 4.79 Å². The third-order valence-corrected chi connectivity index (χ3v) is 11.5. The minimum atomic E-state index is -3.58. The molecular weight excluding hydrogens is 512 g/mol. The molecule has 2 aromatic heterocycles. The van der Waals surface area contributed by atoms with Crippen LogP contribution in [0, 0.1) is 5.92 Å². The molecule has 0 unspecified atom stereocenters. The number of carbonyl (C=O) groups is 1. The van der Waals surface area contributed by atoms with E-state index in [0.29, 0.717) is 34.2 Å². The summed E-state index contributed by atoms with van der Waals surface area (Å²) in [5.74, 6) is 0.133. The highest BCUT2D eigenvalue weighted by Gasteiger charge is 2.36. The molecule has 186 valence electrons. The SMILES string of the molecule is O=C(N1CC[C@H](CNS(=O)(=O)c2ccc(-c3ccc(Cl)s3)s2)C1)N1CCC[C@H]1CN1CCCC1. The Hall–Kier alpha value is -1.17. The number of carbonyl (C=O) groups excluding carboxylic acids is 1. The Kier molecular flexibility index (Phi) is 7.53. The maximum atomic E-state index is 13.2. The van der Waals surface area contributed by atoms with Crippen molar-refractivity contribution >= 4 is 50.3 Å². The van der Waals surface area contributed by atoms with Crippen molar-refractivity contribution in [3.8, 4) is 9.75 Å². The van der Waals surface area contributed by atoms with Gasteiger partial charge in [0.1, 0.15) is 4.21 Å². The van der Waals surface area contributed by atoms with Crippen molar-refractivity contribution in [2.24, 2.45) is 5.92 Å². The lowest BCUT2D eigenvalue weighted by atomic mass is 10.1. The van der Waals surface area contributed by atoms with Gasteiger partial charge in [-0.25, -0.2) is 17.9 Å². The number of likely N-dealkylation sites (tertiary alicyclic amines) is 3. The van der Waals surface area contributed by atoms with Gasteiger partial charge in [-0.2, -0.15) is 0 Å². The van der Waals surface area contributed by atoms with Gasteiger partial charge in [0.2, 0.25) is 10.0 Å². The summed E-state index contributed by atoms with van der Waals surface area (Å²) in [4.78, 5) is 21.6. The lowest BCUT2D eigenvalue weighted by Crippen LogP contribution is -2.48. The van der Waals surface area contributed by atoms with Crippen LogP contribution in [0.3, 0.4) is 0 Å². The lowest BCUT2D eigenvalue weighted by molar-refractivity contribution is 0.144. The van der Waals surface area contributed by atoms with E-state index in [4.69, 9.17) is 11.6 Å². The van der Waals surface area contributed by atoms with Gasteiger partial charge in [0, 0.05) is 48.5 Å². The molecule has 1 N–H and O–H groups in total. The Morgan fingerprint density at radius 2 is 1.76 bits per heavy atom. The van der Waals surface area contributed by atoms with Crippen molar-refractivity contribution in [3.05, 3.63) is 28.6 Å². The van der Waals surface area contributed by atoms with Gasteiger partial charge in [0.05, 0.1) is 4.34 Å². The first-order valence-corrected chi connectivity index (χ1v) is 15.5. The van der Waals surface area contributed by atoms with Crippen molar-refractivity contribution in [2.75, 3.05) is 45.8 Å². The Morgan fingerprint density at radius 1 is 1.00 bits per heavy atom. The number of amides is 2. The molecule has 3 aliphatic heterocycles. The molecule has 0 bridgehead atoms. The van der Waals surface area contributed by atoms with Crippen molar-refractivity contribution in [2.45, 2.75) is 42.4 Å². The highest BCUT2D eigenvalue weighted by molar-refractivity contribution is 7.91. The van der Waals surface area contributed by atoms with Crippen LogP contribution in [0.2, 0.25) is 4.34 Å². The molecule has 0 aromatic carbocycles. The first kappa shape index (κ1) is 24.5. The van der Waals surface area contributed by atoms with E-state index in [-0.39, 0.29) is 11.9 Å². The van der Waals surface area contributed by atoms with Crippen LogP contribution in [0.15, 0.2) is 28.5 Å². The molecule has 5 rings (SSSR count). The third-order valence-electron chi connectivity index (χ3n) is 7.07. The number of hydrogen-bond donors (Lipinski definition) is 1. The van der Waals surface area contributed by atoms with Crippen LogP contribution in [0.5, 0.6) is 0 Å². The van der Waals surface area contributed by atoms with Crippen molar-refractivity contribution in [3.63, 3.8) is 0 Å². The van der Waals surface area contributed by atoms with Gasteiger partial charge in [0.15, 0.2) is 0 Å². The molecule has 2 amide bonds. The number of sulfonamides is 1. The van der Waals surface area contributed by atoms with Crippen molar-refractivity contribution in [1.29, 1.82) is 0 Å². The predicted octanol–water partition coefficient (Wildman–Crippen LogP) is 4.41. The Morgan fingerprint density at radius 3 is 2.53 bits per heavy atom. The first-order valence-electron chi connectivity index (χ1n) is 12.0. The van der Waals surface area contributed by atoms with Gasteiger partial charge in [-0.15, -0.1) is 22.7 Å². The predicted molar refractivity (Wildman–Crippen MR) is 138 cm³/mol. The number of hydrogen-bond acceptors (Lipinski definition) is 6. The van der Waals surface area contributed by atoms with Crippen LogP contribution < -0.4 is 4.72 Å². The fraction of sp³-hybridized carbons (Fsp3) is 0.609. The van der Waals surface area contributed by atoms with Crippen LogP contribution in [-0.4, -0.2) is 81.0 Å². The van der Waals surface area contributed by atoms with Crippen LogP contribution in [-0.2, 0) is 10.0 Å². The maximum Gasteiger partial charge on any atom is 0.320 e. The molecule has 3 fully saturated rings. The second-order valence-electron chi connectivity index (χ2n) is 9.45. The number of urea groups is 1. The van der Waals surface area contributed by atoms with E-state index in [1.54, 1.807) is 6.07 Å². The van der Waals surface area contributed by atoms with Crippen LogP contribution >= 0.6 is 34.3 Å². The summed E-state index contributed by atoms with van der Waals surface area (Å²) in [5, 5.41) is 0. The zero-order chi connectivity index (χ0) is 23.7. The Balaban J connectivity index is 1.13. The standard InChI is InChI=1S/C23H31ClN4O3S3/c24-21-7-5-19(32-21)20-6-8-22(33-20)34(30,31)25-14-17-9-13-27(15-17)23(29)28-12-3-4-18(28)16-26-10-1-2-11-26/h5-8,17-18,25H,1-4,9-16H2/t17-,18+/m1/s1. The topological polar surface area (TPSA) is 73.0 Å². The minimum absolute atomic E-state index is 0.129. The molecule has 34 heavy (non-hydrogen) atoms. The molecule has 0 saturated carbocycles. The fourth-order valence-corrected chi connectivity index (χ4v) is 8.84. The number of nitrogens with zero attached hydrogens (tertiary/aromatic N) is 3. The average Bonchev–Trinajstić information content (AvgIpc) is 3.63. The smallest absolute Gasteiger partial charge is 0.320 e. The van der Waals surface area contributed by atoms with Gasteiger partial charge in [-0.05, 0) is 75.4 Å². The normalized spacial score (nSPS) is 23.9. The average molecular weight is 543 g/mol. The number of thiophene rings is 2. The molecular formula is C23H31ClN4O3S3. The van der Waals surface area contributed by atoms with Gasteiger partial charge in [-0.1, -0.05) is 11.6 Å². The van der Waals surface area contributed by atoms with Crippen molar-refractivity contribution in [1.82, 2.24) is 19.4 Å². The van der Waals surface area contributed by atoms with Gasteiger partial charge in [-0.3, -0.25) is 0 Å². The second-order valence-corrected chi connectivity index (χ2v) is 14.2. The van der Waals surface area contributed by atoms with E-state index < -0.39 is 10.0 Å². The van der Waals surface area contributed by atoms with Crippen molar-refractivity contribution < 1.29 is 13.2 Å². The number of nitrogens with one attached hydrogen (secondary N) is 1. The summed E-state index contributed by atoms with van der Waals surface area (Å²) in [7, 11) is -3.58. The molecule has 3 saturated heterocycles. The van der Waals surface area contributed by atoms with Gasteiger partial charge in [0.25, 0.3) is 0 Å². The fourth-order valence-electron chi connectivity index (χ4n) is 5.24. The van der Waals surface area contributed by atoms with Crippen LogP contribution in [0.1, 0.15) is 32.1 Å². The third kappa shape index (κ3) is 5.47. The van der Waals surface area contributed by atoms with Gasteiger partial charge >= 0.3 is 6.03 Å². The summed E-state index contributed by atoms with van der Waals surface area (Å²) < 4.78 is 29.5. The first-order chi connectivity index (χ1) is 16.4. The zero-order valence-corrected chi connectivity index (χ0v) is 22.3. The van der Waals surface area contributed by atoms with Gasteiger partial charge < -0.3 is 14.7 Å². The largest absolute Gasteiger partial charge is 0.324 e. The summed E-state index contributed by atoms with van der Waals surface area (Å²) >= 11 is 8.70. The summed E-state index contributed by atoms with van der Waals surface area (Å²) in [6, 6.07) is 7.64. The quantitative estimate of drug-likeness (QED) is 0.562. The molecule has 0 radical (unpaired) electrons. The lowest BCUT2D eigenvalue weighted by Gasteiger charge is -2.32. The van der Waals surface area contributed by atoms with E-state index in [1.807, 2.05) is 23.1 Å². The summed E-state index contributed by atoms with van der Waals surface area (Å²) in [5.41, 5.74) is 0. The maximum absolute atomic E-state index is 13.2. The molecule has 5 heterocycles. The van der Waals surface area contributed by atoms with E-state index >= 15 is 0 Å². The number of halogens is 1. The Labute approximate surface area is 214 Å². The molecule has 3 aliphatic rings. The molecule has 0 aliphatic carbocycles. The molecule has 0 spiro atoms. The second kappa shape index (κ2) is 10.4. The molecule has 2 atom stereocenters. The Bertz CT molecular complexity index is 1110. The van der Waals surface area contributed by atoms with E-state index in [9.17, 15) is 13.2 Å². The minimum Gasteiger partial charge on any atom is -0.324 e. The highest BCUT2D eigenvalue weighted by atomic mass is 35.5. The monoisotopic (exact) mass is 542 g/mol. The molecule has 2 aromatic rings. The number of rotatable bonds is 7. The zero-order valence-electron chi connectivity index (χ0n) is 19.1. The van der Waals surface area contributed by atoms with E-state index in [2.05, 4.69) is 14.5 Å². The summed E-state index contributed by atoms with van der Waals surface area (Å²) in [6.07, 6.45) is 5.50. The molecule has 11 heteroatoms. The van der Waals surface area contributed by atoms with E-state index in [1.165, 1.54) is 35.5 Å². The molecule has 7 nitrogen and oxygen atoms in total. The summed E-state index contributed by atoms with van der Waals surface area (Å²) in [6.45, 7) is 5.78. The highest BCUT2D eigenvalue weighted by Crippen LogP contribution is 2.36. The van der Waals surface area contributed by atoms with E-state index in [0.717, 1.165) is 55.2 Å².